The van der Waals surface area contributed by atoms with Gasteiger partial charge in [-0.25, -0.2) is 0 Å². The van der Waals surface area contributed by atoms with E-state index in [4.69, 9.17) is 0 Å². The highest BCUT2D eigenvalue weighted by Gasteiger charge is 2.29. The quantitative estimate of drug-likeness (QED) is 0.344. The van der Waals surface area contributed by atoms with E-state index in [1.165, 1.54) is 0 Å². The molecular formula is C28H28F3N3OS. The SMILES string of the molecule is CN(CCc1ccc(C(F)(F)F)cc1)c1ccc(C2=CSC(N(C)Cc3ccc(C=O)cc3)N2)cc1. The van der Waals surface area contributed by atoms with Gasteiger partial charge in [0.2, 0.25) is 0 Å². The van der Waals surface area contributed by atoms with E-state index < -0.39 is 11.7 Å². The Morgan fingerprint density at radius 3 is 2.17 bits per heavy atom. The van der Waals surface area contributed by atoms with E-state index in [-0.39, 0.29) is 5.50 Å². The van der Waals surface area contributed by atoms with Gasteiger partial charge in [-0.15, -0.1) is 0 Å². The average Bonchev–Trinajstić information content (AvgIpc) is 3.38. The predicted molar refractivity (Wildman–Crippen MR) is 141 cm³/mol. The fourth-order valence-electron chi connectivity index (χ4n) is 3.95. The molecule has 36 heavy (non-hydrogen) atoms. The van der Waals surface area contributed by atoms with Crippen LogP contribution in [-0.2, 0) is 19.1 Å². The number of carbonyl (C=O) groups excluding carboxylic acids is 1. The molecule has 0 saturated carbocycles. The number of thioether (sulfide) groups is 1. The largest absolute Gasteiger partial charge is 0.416 e. The summed E-state index contributed by atoms with van der Waals surface area (Å²) in [6, 6.07) is 21.2. The maximum Gasteiger partial charge on any atom is 0.416 e. The van der Waals surface area contributed by atoms with Crippen molar-refractivity contribution < 1.29 is 18.0 Å². The second-order valence-corrected chi connectivity index (χ2v) is 9.81. The first kappa shape index (κ1) is 25.9. The number of anilines is 1. The van der Waals surface area contributed by atoms with Crippen LogP contribution in [0.5, 0.6) is 0 Å². The average molecular weight is 512 g/mol. The van der Waals surface area contributed by atoms with Gasteiger partial charge in [0.1, 0.15) is 11.8 Å². The standard InChI is InChI=1S/C28H28F3N3OS/c1-33(16-15-20-7-11-24(12-8-20)28(29,30)31)25-13-9-23(10-14-25)26-19-36-27(32-26)34(2)17-21-3-5-22(18-35)6-4-21/h3-14,18-19,27,32H,15-17H2,1-2H3. The van der Waals surface area contributed by atoms with E-state index in [0.29, 0.717) is 18.5 Å². The van der Waals surface area contributed by atoms with Crippen molar-refractivity contribution in [2.24, 2.45) is 0 Å². The predicted octanol–water partition coefficient (Wildman–Crippen LogP) is 6.25. The number of nitrogens with one attached hydrogen (secondary N) is 1. The summed E-state index contributed by atoms with van der Waals surface area (Å²) in [7, 11) is 4.04. The molecule has 1 heterocycles. The van der Waals surface area contributed by atoms with Gasteiger partial charge in [0.15, 0.2) is 0 Å². The van der Waals surface area contributed by atoms with Gasteiger partial charge in [-0.1, -0.05) is 60.3 Å². The zero-order valence-corrected chi connectivity index (χ0v) is 20.9. The number of nitrogens with zero attached hydrogens (tertiary/aromatic N) is 2. The molecule has 3 aromatic rings. The third kappa shape index (κ3) is 6.50. The Balaban J connectivity index is 1.28. The number of alkyl halides is 3. The summed E-state index contributed by atoms with van der Waals surface area (Å²) in [5.74, 6) is 0. The van der Waals surface area contributed by atoms with Crippen molar-refractivity contribution in [1.82, 2.24) is 10.2 Å². The Morgan fingerprint density at radius 2 is 1.56 bits per heavy atom. The molecule has 0 radical (unpaired) electrons. The van der Waals surface area contributed by atoms with Crippen LogP contribution in [0.4, 0.5) is 18.9 Å². The van der Waals surface area contributed by atoms with Crippen LogP contribution in [0.25, 0.3) is 5.70 Å². The zero-order valence-electron chi connectivity index (χ0n) is 20.1. The van der Waals surface area contributed by atoms with Crippen molar-refractivity contribution in [3.05, 3.63) is 106 Å². The van der Waals surface area contributed by atoms with Crippen LogP contribution in [0.15, 0.2) is 78.2 Å². The lowest BCUT2D eigenvalue weighted by Crippen LogP contribution is -2.36. The molecular weight excluding hydrogens is 483 g/mol. The number of likely N-dealkylation sites (N-methyl/N-ethyl adjacent to an activating group) is 1. The molecule has 1 aliphatic heterocycles. The molecule has 1 atom stereocenters. The van der Waals surface area contributed by atoms with Gasteiger partial charge in [-0.05, 0) is 59.8 Å². The molecule has 8 heteroatoms. The minimum atomic E-state index is -4.31. The fraction of sp³-hybridized carbons (Fsp3) is 0.250. The van der Waals surface area contributed by atoms with Crippen LogP contribution >= 0.6 is 11.8 Å². The van der Waals surface area contributed by atoms with Gasteiger partial charge in [0.25, 0.3) is 0 Å². The van der Waals surface area contributed by atoms with Crippen LogP contribution in [-0.4, -0.2) is 37.3 Å². The number of rotatable bonds is 9. The minimum Gasteiger partial charge on any atom is -0.374 e. The second-order valence-electron chi connectivity index (χ2n) is 8.85. The monoisotopic (exact) mass is 511 g/mol. The van der Waals surface area contributed by atoms with Crippen LogP contribution < -0.4 is 10.2 Å². The second kappa shape index (κ2) is 11.2. The number of halogens is 3. The van der Waals surface area contributed by atoms with Crippen LogP contribution in [0.2, 0.25) is 0 Å². The Bertz CT molecular complexity index is 1190. The van der Waals surface area contributed by atoms with E-state index in [9.17, 15) is 18.0 Å². The molecule has 0 saturated heterocycles. The Labute approximate surface area is 213 Å². The van der Waals surface area contributed by atoms with Crippen molar-refractivity contribution in [3.63, 3.8) is 0 Å². The first-order valence-electron chi connectivity index (χ1n) is 11.6. The molecule has 1 aliphatic rings. The van der Waals surface area contributed by atoms with Crippen molar-refractivity contribution in [2.75, 3.05) is 25.5 Å². The first-order valence-corrected chi connectivity index (χ1v) is 12.5. The summed E-state index contributed by atoms with van der Waals surface area (Å²) in [5, 5.41) is 5.69. The van der Waals surface area contributed by atoms with Gasteiger partial charge in [-0.2, -0.15) is 13.2 Å². The fourth-order valence-corrected chi connectivity index (χ4v) is 4.90. The third-order valence-electron chi connectivity index (χ3n) is 6.18. The lowest BCUT2D eigenvalue weighted by molar-refractivity contribution is -0.137. The molecule has 0 aromatic heterocycles. The van der Waals surface area contributed by atoms with Crippen LogP contribution in [0, 0.1) is 0 Å². The third-order valence-corrected chi connectivity index (χ3v) is 7.29. The van der Waals surface area contributed by atoms with E-state index in [1.54, 1.807) is 23.9 Å². The normalized spacial score (nSPS) is 15.5. The maximum atomic E-state index is 12.7. The van der Waals surface area contributed by atoms with Gasteiger partial charge < -0.3 is 10.2 Å². The maximum absolute atomic E-state index is 12.7. The molecule has 0 spiro atoms. The highest BCUT2D eigenvalue weighted by Crippen LogP contribution is 2.31. The molecule has 4 rings (SSSR count). The van der Waals surface area contributed by atoms with Gasteiger partial charge >= 0.3 is 6.18 Å². The van der Waals surface area contributed by atoms with E-state index in [2.05, 4.69) is 51.8 Å². The lowest BCUT2D eigenvalue weighted by Gasteiger charge is -2.25. The number of aldehydes is 1. The smallest absolute Gasteiger partial charge is 0.374 e. The molecule has 3 aromatic carbocycles. The summed E-state index contributed by atoms with van der Waals surface area (Å²) in [6.07, 6.45) is -2.80. The van der Waals surface area contributed by atoms with Crippen molar-refractivity contribution in [1.29, 1.82) is 0 Å². The van der Waals surface area contributed by atoms with Gasteiger partial charge in [0.05, 0.1) is 5.56 Å². The van der Waals surface area contributed by atoms with Crippen molar-refractivity contribution in [3.8, 4) is 0 Å². The van der Waals surface area contributed by atoms with Crippen molar-refractivity contribution in [2.45, 2.75) is 24.6 Å². The van der Waals surface area contributed by atoms with Crippen molar-refractivity contribution >= 4 is 29.4 Å². The summed E-state index contributed by atoms with van der Waals surface area (Å²) in [6.45, 7) is 1.45. The van der Waals surface area contributed by atoms with Crippen LogP contribution in [0.1, 0.15) is 32.6 Å². The van der Waals surface area contributed by atoms with E-state index in [1.807, 2.05) is 31.3 Å². The molecule has 4 nitrogen and oxygen atoms in total. The minimum absolute atomic E-state index is 0.108. The van der Waals surface area contributed by atoms with Crippen LogP contribution in [0.3, 0.4) is 0 Å². The number of hydrogen-bond acceptors (Lipinski definition) is 5. The number of benzene rings is 3. The summed E-state index contributed by atoms with van der Waals surface area (Å²) in [5.41, 5.74) is 5.38. The molecule has 0 bridgehead atoms. The van der Waals surface area contributed by atoms with E-state index >= 15 is 0 Å². The lowest BCUT2D eigenvalue weighted by atomic mass is 10.1. The molecule has 188 valence electrons. The Morgan fingerprint density at radius 1 is 0.917 bits per heavy atom. The molecule has 0 amide bonds. The summed E-state index contributed by atoms with van der Waals surface area (Å²) in [4.78, 5) is 15.2. The zero-order chi connectivity index (χ0) is 25.7. The van der Waals surface area contributed by atoms with Gasteiger partial charge in [0, 0.05) is 37.1 Å². The van der Waals surface area contributed by atoms with E-state index in [0.717, 1.165) is 53.0 Å². The molecule has 0 fully saturated rings. The summed E-state index contributed by atoms with van der Waals surface area (Å²) >= 11 is 1.71. The summed E-state index contributed by atoms with van der Waals surface area (Å²) < 4.78 is 38.2. The highest BCUT2D eigenvalue weighted by atomic mass is 32.2. The molecule has 1 N–H and O–H groups in total. The Kier molecular flexibility index (Phi) is 8.06. The highest BCUT2D eigenvalue weighted by molar-refractivity contribution is 8.03. The molecule has 1 unspecified atom stereocenters. The number of hydrogen-bond donors (Lipinski definition) is 1. The topological polar surface area (TPSA) is 35.6 Å². The molecule has 0 aliphatic carbocycles. The number of carbonyl (C=O) groups is 1. The first-order chi connectivity index (χ1) is 17.2. The van der Waals surface area contributed by atoms with Gasteiger partial charge in [-0.3, -0.25) is 9.69 Å². The Hall–Kier alpha value is -3.23.